The van der Waals surface area contributed by atoms with E-state index in [0.29, 0.717) is 12.8 Å². The van der Waals surface area contributed by atoms with E-state index >= 15 is 0 Å². The van der Waals surface area contributed by atoms with E-state index in [2.05, 4.69) is 48.4 Å². The number of carbonyl (C=O) groups excluding carboxylic acids is 2. The lowest BCUT2D eigenvalue weighted by atomic mass is 10.0. The third-order valence-electron chi connectivity index (χ3n) is 12.2. The van der Waals surface area contributed by atoms with Crippen LogP contribution in [0.25, 0.3) is 0 Å². The van der Waals surface area contributed by atoms with Crippen molar-refractivity contribution in [2.24, 2.45) is 0 Å². The van der Waals surface area contributed by atoms with Crippen molar-refractivity contribution in [1.82, 2.24) is 19.6 Å². The normalized spacial score (nSPS) is 14.5. The second-order valence-electron chi connectivity index (χ2n) is 17.8. The number of hydrogen-bond acceptors (Lipinski definition) is 8. The Bertz CT molecular complexity index is 1050. The Morgan fingerprint density at radius 2 is 1.02 bits per heavy atom. The smallest absolute Gasteiger partial charge is 0.306 e. The van der Waals surface area contributed by atoms with Crippen LogP contribution in [0.1, 0.15) is 226 Å². The Labute approximate surface area is 363 Å². The summed E-state index contributed by atoms with van der Waals surface area (Å²) in [4.78, 5) is 31.1. The number of hydrogen-bond donors (Lipinski definition) is 0. The summed E-state index contributed by atoms with van der Waals surface area (Å²) < 4.78 is 19.8. The molecule has 0 amide bonds. The van der Waals surface area contributed by atoms with Crippen molar-refractivity contribution in [3.05, 3.63) is 18.0 Å². The summed E-state index contributed by atoms with van der Waals surface area (Å²) >= 11 is 0. The van der Waals surface area contributed by atoms with Crippen LogP contribution in [0.5, 0.6) is 0 Å². The fourth-order valence-corrected chi connectivity index (χ4v) is 8.33. The molecule has 2 rings (SSSR count). The van der Waals surface area contributed by atoms with Crippen LogP contribution in [0.3, 0.4) is 0 Å². The molecule has 9 heteroatoms. The van der Waals surface area contributed by atoms with Gasteiger partial charge in [-0.3, -0.25) is 24.1 Å². The number of ether oxygens (including phenoxy) is 3. The standard InChI is InChI=1S/C50H94N4O5/c1-5-9-13-17-19-23-31-47(29-21-15-11-7-3)58-49(55)33-25-27-35-53(44-46-43-51-54(45-46)38-37-52-39-41-57-42-40-52)36-28-26-34-50(56)59-48(30-22-16-12-8-4)32-24-20-18-14-10-6-2/h43,45,47-48H,5-42,44H2,1-4H3. The number of esters is 2. The van der Waals surface area contributed by atoms with E-state index in [-0.39, 0.29) is 24.1 Å². The van der Waals surface area contributed by atoms with Crippen molar-refractivity contribution in [3.8, 4) is 0 Å². The fourth-order valence-electron chi connectivity index (χ4n) is 8.33. The minimum absolute atomic E-state index is 0.0248. The number of rotatable bonds is 41. The molecule has 0 radical (unpaired) electrons. The highest BCUT2D eigenvalue weighted by Gasteiger charge is 2.17. The fraction of sp³-hybridized carbons (Fsp3) is 0.900. The van der Waals surface area contributed by atoms with Crippen LogP contribution in [0.15, 0.2) is 12.4 Å². The summed E-state index contributed by atoms with van der Waals surface area (Å²) in [6.07, 6.45) is 37.8. The lowest BCUT2D eigenvalue weighted by molar-refractivity contribution is -0.151. The lowest BCUT2D eigenvalue weighted by Crippen LogP contribution is -2.38. The maximum Gasteiger partial charge on any atom is 0.306 e. The monoisotopic (exact) mass is 831 g/mol. The lowest BCUT2D eigenvalue weighted by Gasteiger charge is -2.26. The van der Waals surface area contributed by atoms with Crippen LogP contribution < -0.4 is 0 Å². The van der Waals surface area contributed by atoms with Gasteiger partial charge in [0.2, 0.25) is 0 Å². The van der Waals surface area contributed by atoms with E-state index in [1.807, 2.05) is 6.20 Å². The second kappa shape index (κ2) is 37.8. The molecule has 0 saturated carbocycles. The Morgan fingerprint density at radius 3 is 1.47 bits per heavy atom. The molecule has 344 valence electrons. The summed E-state index contributed by atoms with van der Waals surface area (Å²) in [6, 6.07) is 0. The van der Waals surface area contributed by atoms with E-state index in [4.69, 9.17) is 19.3 Å². The zero-order valence-electron chi connectivity index (χ0n) is 39.2. The second-order valence-corrected chi connectivity index (χ2v) is 17.8. The van der Waals surface area contributed by atoms with Crippen molar-refractivity contribution in [1.29, 1.82) is 0 Å². The Balaban J connectivity index is 1.88. The van der Waals surface area contributed by atoms with E-state index in [0.717, 1.165) is 136 Å². The molecular formula is C50H94N4O5. The molecule has 1 aliphatic rings. The van der Waals surface area contributed by atoms with Gasteiger partial charge in [0.15, 0.2) is 0 Å². The van der Waals surface area contributed by atoms with E-state index in [1.165, 1.54) is 108 Å². The van der Waals surface area contributed by atoms with Gasteiger partial charge in [-0.1, -0.05) is 130 Å². The van der Waals surface area contributed by atoms with Gasteiger partial charge in [0.05, 0.1) is 26.0 Å². The van der Waals surface area contributed by atoms with E-state index in [1.54, 1.807) is 0 Å². The highest BCUT2D eigenvalue weighted by Crippen LogP contribution is 2.20. The number of aromatic nitrogens is 2. The van der Waals surface area contributed by atoms with Crippen LogP contribution in [0.2, 0.25) is 0 Å². The van der Waals surface area contributed by atoms with Gasteiger partial charge < -0.3 is 14.2 Å². The summed E-state index contributed by atoms with van der Waals surface area (Å²) in [5.74, 6) is -0.0496. The Hall–Kier alpha value is -1.97. The SMILES string of the molecule is CCCCCCCCC(CCCCCC)OC(=O)CCCCN(CCCCC(=O)OC(CCCCCC)CCCCCCCC)Cc1cnn(CCN2CCOCC2)c1. The first-order valence-corrected chi connectivity index (χ1v) is 25.4. The molecule has 1 saturated heterocycles. The molecule has 9 nitrogen and oxygen atoms in total. The van der Waals surface area contributed by atoms with Crippen molar-refractivity contribution in [3.63, 3.8) is 0 Å². The van der Waals surface area contributed by atoms with Gasteiger partial charge in [0.1, 0.15) is 12.2 Å². The molecule has 1 aromatic heterocycles. The number of nitrogens with zero attached hydrogens (tertiary/aromatic N) is 4. The average molecular weight is 831 g/mol. The predicted molar refractivity (Wildman–Crippen MR) is 246 cm³/mol. The zero-order chi connectivity index (χ0) is 42.4. The van der Waals surface area contributed by atoms with Gasteiger partial charge >= 0.3 is 11.9 Å². The highest BCUT2D eigenvalue weighted by atomic mass is 16.5. The first-order valence-electron chi connectivity index (χ1n) is 25.4. The van der Waals surface area contributed by atoms with Gasteiger partial charge in [0.25, 0.3) is 0 Å². The van der Waals surface area contributed by atoms with Gasteiger partial charge in [-0.05, 0) is 90.1 Å². The Kier molecular flexibility index (Phi) is 34.0. The van der Waals surface area contributed by atoms with Crippen molar-refractivity contribution >= 4 is 11.9 Å². The molecule has 1 fully saturated rings. The molecule has 2 unspecified atom stereocenters. The molecule has 0 spiro atoms. The third kappa shape index (κ3) is 29.8. The molecule has 59 heavy (non-hydrogen) atoms. The summed E-state index contributed by atoms with van der Waals surface area (Å²) in [5, 5.41) is 4.70. The molecule has 0 N–H and O–H groups in total. The molecule has 0 bridgehead atoms. The quantitative estimate of drug-likeness (QED) is 0.0476. The van der Waals surface area contributed by atoms with Crippen LogP contribution in [0.4, 0.5) is 0 Å². The highest BCUT2D eigenvalue weighted by molar-refractivity contribution is 5.69. The van der Waals surface area contributed by atoms with Crippen LogP contribution >= 0.6 is 0 Å². The van der Waals surface area contributed by atoms with Crippen LogP contribution in [0, 0.1) is 0 Å². The molecular weight excluding hydrogens is 737 g/mol. The van der Waals surface area contributed by atoms with Crippen molar-refractivity contribution in [2.45, 2.75) is 246 Å². The number of unbranched alkanes of at least 4 members (excludes halogenated alkanes) is 18. The van der Waals surface area contributed by atoms with Crippen molar-refractivity contribution < 1.29 is 23.8 Å². The maximum atomic E-state index is 13.1. The zero-order valence-corrected chi connectivity index (χ0v) is 39.2. The van der Waals surface area contributed by atoms with Gasteiger partial charge in [-0.25, -0.2) is 0 Å². The topological polar surface area (TPSA) is 86.1 Å². The largest absolute Gasteiger partial charge is 0.462 e. The summed E-state index contributed by atoms with van der Waals surface area (Å²) in [5.41, 5.74) is 1.21. The maximum absolute atomic E-state index is 13.1. The van der Waals surface area contributed by atoms with Gasteiger partial charge in [-0.15, -0.1) is 0 Å². The third-order valence-corrected chi connectivity index (χ3v) is 12.2. The van der Waals surface area contributed by atoms with Gasteiger partial charge in [0, 0.05) is 50.8 Å². The molecule has 0 aliphatic carbocycles. The predicted octanol–water partition coefficient (Wildman–Crippen LogP) is 12.6. The first kappa shape index (κ1) is 53.2. The molecule has 1 aliphatic heterocycles. The summed E-state index contributed by atoms with van der Waals surface area (Å²) in [7, 11) is 0. The van der Waals surface area contributed by atoms with E-state index in [9.17, 15) is 9.59 Å². The molecule has 2 atom stereocenters. The summed E-state index contributed by atoms with van der Waals surface area (Å²) in [6.45, 7) is 17.1. The van der Waals surface area contributed by atoms with Crippen LogP contribution in [-0.2, 0) is 36.9 Å². The molecule has 0 aromatic carbocycles. The van der Waals surface area contributed by atoms with Gasteiger partial charge in [-0.2, -0.15) is 5.10 Å². The van der Waals surface area contributed by atoms with Crippen molar-refractivity contribution in [2.75, 3.05) is 45.9 Å². The first-order chi connectivity index (χ1) is 29.0. The molecule has 2 heterocycles. The Morgan fingerprint density at radius 1 is 0.593 bits per heavy atom. The molecule has 1 aromatic rings. The number of morpholine rings is 1. The average Bonchev–Trinajstić information content (AvgIpc) is 3.70. The van der Waals surface area contributed by atoms with Crippen LogP contribution in [-0.4, -0.2) is 89.7 Å². The number of carbonyl (C=O) groups is 2. The minimum atomic E-state index is -0.0248. The van der Waals surface area contributed by atoms with E-state index < -0.39 is 0 Å². The minimum Gasteiger partial charge on any atom is -0.462 e.